The van der Waals surface area contributed by atoms with Crippen molar-refractivity contribution in [2.24, 2.45) is 0 Å². The number of anilines is 1. The van der Waals surface area contributed by atoms with Crippen LogP contribution in [0.4, 0.5) is 10.1 Å². The Bertz CT molecular complexity index is 1250. The molecule has 1 fully saturated rings. The number of carbonyl (C=O) groups excluding carboxylic acids is 1. The van der Waals surface area contributed by atoms with Crippen molar-refractivity contribution in [2.75, 3.05) is 38.1 Å². The maximum Gasteiger partial charge on any atom is 0.343 e. The van der Waals surface area contributed by atoms with Crippen molar-refractivity contribution in [1.82, 2.24) is 19.9 Å². The number of fused-ring (bicyclic) bond motifs is 1. The molecule has 32 heavy (non-hydrogen) atoms. The Morgan fingerprint density at radius 3 is 2.44 bits per heavy atom. The highest BCUT2D eigenvalue weighted by Gasteiger charge is 2.19. The fourth-order valence-corrected chi connectivity index (χ4v) is 3.78. The highest BCUT2D eigenvalue weighted by molar-refractivity contribution is 5.93. The lowest BCUT2D eigenvalue weighted by atomic mass is 10.1. The number of esters is 1. The van der Waals surface area contributed by atoms with Crippen LogP contribution in [0.15, 0.2) is 60.8 Å². The first-order valence-corrected chi connectivity index (χ1v) is 10.4. The summed E-state index contributed by atoms with van der Waals surface area (Å²) in [5.41, 5.74) is 2.74. The van der Waals surface area contributed by atoms with E-state index < -0.39 is 11.9 Å². The summed E-state index contributed by atoms with van der Waals surface area (Å²) in [6, 6.07) is 16.3. The molecule has 1 N–H and O–H groups in total. The molecule has 162 valence electrons. The van der Waals surface area contributed by atoms with Gasteiger partial charge in [-0.1, -0.05) is 30.3 Å². The van der Waals surface area contributed by atoms with Crippen molar-refractivity contribution < 1.29 is 13.9 Å². The maximum atomic E-state index is 14.7. The molecule has 1 aliphatic heterocycles. The Labute approximate surface area is 184 Å². The van der Waals surface area contributed by atoms with Gasteiger partial charge < -0.3 is 19.5 Å². The second-order valence-corrected chi connectivity index (χ2v) is 7.81. The quantitative estimate of drug-likeness (QED) is 0.497. The van der Waals surface area contributed by atoms with Gasteiger partial charge >= 0.3 is 5.97 Å². The highest BCUT2D eigenvalue weighted by atomic mass is 19.1. The van der Waals surface area contributed by atoms with Gasteiger partial charge in [0.25, 0.3) is 0 Å². The molecular weight excluding hydrogens is 409 g/mol. The summed E-state index contributed by atoms with van der Waals surface area (Å²) >= 11 is 0. The minimum Gasteiger partial charge on any atom is -0.419 e. The van der Waals surface area contributed by atoms with E-state index in [2.05, 4.69) is 31.8 Å². The van der Waals surface area contributed by atoms with Crippen molar-refractivity contribution in [1.29, 1.82) is 0 Å². The Balaban J connectivity index is 1.42. The molecule has 5 rings (SSSR count). The molecule has 0 atom stereocenters. The van der Waals surface area contributed by atoms with Crippen LogP contribution < -0.4 is 9.64 Å². The van der Waals surface area contributed by atoms with Crippen molar-refractivity contribution in [3.63, 3.8) is 0 Å². The van der Waals surface area contributed by atoms with Crippen LogP contribution >= 0.6 is 0 Å². The van der Waals surface area contributed by atoms with Gasteiger partial charge in [-0.3, -0.25) is 0 Å². The van der Waals surface area contributed by atoms with E-state index in [4.69, 9.17) is 4.74 Å². The van der Waals surface area contributed by atoms with Crippen molar-refractivity contribution >= 4 is 22.8 Å². The summed E-state index contributed by atoms with van der Waals surface area (Å²) in [5, 5.41) is 0. The topological polar surface area (TPSA) is 74.3 Å². The molecule has 0 amide bonds. The molecule has 2 aromatic heterocycles. The molecule has 2 aromatic carbocycles. The summed E-state index contributed by atoms with van der Waals surface area (Å²) in [7, 11) is 2.12. The number of benzene rings is 2. The summed E-state index contributed by atoms with van der Waals surface area (Å²) in [5.74, 6) is -1.00. The van der Waals surface area contributed by atoms with Crippen molar-refractivity contribution in [3.05, 3.63) is 72.3 Å². The summed E-state index contributed by atoms with van der Waals surface area (Å²) in [6.45, 7) is 3.93. The number of H-pyrrole nitrogens is 1. The van der Waals surface area contributed by atoms with Gasteiger partial charge in [-0.25, -0.2) is 9.78 Å². The molecule has 0 bridgehead atoms. The third-order valence-electron chi connectivity index (χ3n) is 5.65. The lowest BCUT2D eigenvalue weighted by Crippen LogP contribution is -2.44. The van der Waals surface area contributed by atoms with Gasteiger partial charge in [0.15, 0.2) is 16.9 Å². The van der Waals surface area contributed by atoms with Gasteiger partial charge in [0.1, 0.15) is 5.69 Å². The van der Waals surface area contributed by atoms with Crippen LogP contribution in [-0.2, 0) is 0 Å². The molecule has 4 aromatic rings. The van der Waals surface area contributed by atoms with E-state index in [1.165, 1.54) is 6.20 Å². The largest absolute Gasteiger partial charge is 0.419 e. The SMILES string of the molecule is CN1CCN(c2ccc(-c3nc4c(OC(=O)c5ccccc5)c[nH]c4nc3F)cc2)CC1. The molecule has 0 aliphatic carbocycles. The zero-order valence-electron chi connectivity index (χ0n) is 17.6. The number of piperazine rings is 1. The van der Waals surface area contributed by atoms with Crippen molar-refractivity contribution in [3.8, 4) is 17.0 Å². The van der Waals surface area contributed by atoms with Crippen LogP contribution in [0.2, 0.25) is 0 Å². The predicted octanol–water partition coefficient (Wildman–Crippen LogP) is 3.74. The molecule has 0 radical (unpaired) electrons. The molecule has 1 aliphatic rings. The maximum absolute atomic E-state index is 14.7. The number of aromatic amines is 1. The Kier molecular flexibility index (Phi) is 5.28. The van der Waals surface area contributed by atoms with E-state index in [0.717, 1.165) is 31.9 Å². The van der Waals surface area contributed by atoms with Crippen LogP contribution in [0.3, 0.4) is 0 Å². The van der Waals surface area contributed by atoms with E-state index >= 15 is 0 Å². The number of carbonyl (C=O) groups is 1. The van der Waals surface area contributed by atoms with E-state index in [0.29, 0.717) is 16.6 Å². The molecule has 0 saturated carbocycles. The number of hydrogen-bond donors (Lipinski definition) is 1. The molecule has 7 nitrogen and oxygen atoms in total. The fourth-order valence-electron chi connectivity index (χ4n) is 3.78. The number of hydrogen-bond acceptors (Lipinski definition) is 6. The average molecular weight is 431 g/mol. The first-order chi connectivity index (χ1) is 15.6. The molecular formula is C24H22FN5O2. The standard InChI is InChI=1S/C24H22FN5O2/c1-29-11-13-30(14-12-29)18-9-7-16(8-10-18)20-22(25)28-23-21(27-20)19(15-26-23)32-24(31)17-5-3-2-4-6-17/h2-10,15H,11-14H2,1H3,(H,26,28). The van der Waals surface area contributed by atoms with Gasteiger partial charge in [0.05, 0.1) is 5.56 Å². The molecule has 0 unspecified atom stereocenters. The van der Waals surface area contributed by atoms with Crippen molar-refractivity contribution in [2.45, 2.75) is 0 Å². The number of halogens is 1. The van der Waals surface area contributed by atoms with E-state index in [1.54, 1.807) is 24.3 Å². The van der Waals surface area contributed by atoms with Crippen LogP contribution in [0.25, 0.3) is 22.4 Å². The van der Waals surface area contributed by atoms with Crippen LogP contribution in [-0.4, -0.2) is 59.0 Å². The summed E-state index contributed by atoms with van der Waals surface area (Å²) < 4.78 is 20.2. The third kappa shape index (κ3) is 3.92. The first-order valence-electron chi connectivity index (χ1n) is 10.4. The van der Waals surface area contributed by atoms with Crippen LogP contribution in [0, 0.1) is 5.95 Å². The zero-order chi connectivity index (χ0) is 22.1. The number of aromatic nitrogens is 3. The minimum absolute atomic E-state index is 0.110. The normalized spacial score (nSPS) is 14.6. The van der Waals surface area contributed by atoms with Gasteiger partial charge in [-0.2, -0.15) is 9.37 Å². The monoisotopic (exact) mass is 431 g/mol. The van der Waals surface area contributed by atoms with Gasteiger partial charge in [-0.05, 0) is 31.3 Å². The summed E-state index contributed by atoms with van der Waals surface area (Å²) in [4.78, 5) is 28.3. The number of rotatable bonds is 4. The number of likely N-dealkylation sites (N-methyl/N-ethyl adjacent to an activating group) is 1. The Hall–Kier alpha value is -3.78. The summed E-state index contributed by atoms with van der Waals surface area (Å²) in [6.07, 6.45) is 1.46. The molecule has 8 heteroatoms. The predicted molar refractivity (Wildman–Crippen MR) is 120 cm³/mol. The number of nitrogens with one attached hydrogen (secondary N) is 1. The van der Waals surface area contributed by atoms with Crippen LogP contribution in [0.5, 0.6) is 5.75 Å². The first kappa shape index (κ1) is 20.1. The lowest BCUT2D eigenvalue weighted by Gasteiger charge is -2.34. The second kappa shape index (κ2) is 8.39. The second-order valence-electron chi connectivity index (χ2n) is 7.81. The Morgan fingerprint density at radius 2 is 1.72 bits per heavy atom. The molecule has 1 saturated heterocycles. The van der Waals surface area contributed by atoms with Gasteiger partial charge in [0, 0.05) is 43.6 Å². The average Bonchev–Trinajstić information content (AvgIpc) is 3.21. The van der Waals surface area contributed by atoms with Gasteiger partial charge in [-0.15, -0.1) is 0 Å². The Morgan fingerprint density at radius 1 is 1.00 bits per heavy atom. The minimum atomic E-state index is -0.687. The third-order valence-corrected chi connectivity index (χ3v) is 5.65. The van der Waals surface area contributed by atoms with E-state index in [9.17, 15) is 9.18 Å². The smallest absolute Gasteiger partial charge is 0.343 e. The number of nitrogens with zero attached hydrogens (tertiary/aromatic N) is 4. The molecule has 0 spiro atoms. The van der Waals surface area contributed by atoms with E-state index in [-0.39, 0.29) is 17.1 Å². The fraction of sp³-hybridized carbons (Fsp3) is 0.208. The van der Waals surface area contributed by atoms with Crippen LogP contribution in [0.1, 0.15) is 10.4 Å². The zero-order valence-corrected chi connectivity index (χ0v) is 17.6. The van der Waals surface area contributed by atoms with Gasteiger partial charge in [0.2, 0.25) is 5.95 Å². The van der Waals surface area contributed by atoms with E-state index in [1.807, 2.05) is 30.3 Å². The lowest BCUT2D eigenvalue weighted by molar-refractivity contribution is 0.0736. The highest BCUT2D eigenvalue weighted by Crippen LogP contribution is 2.29. The number of ether oxygens (including phenoxy) is 1. The molecule has 3 heterocycles.